The van der Waals surface area contributed by atoms with Gasteiger partial charge in [-0.15, -0.1) is 6.92 Å². The molecule has 0 heterocycles. The van der Waals surface area contributed by atoms with Crippen LogP contribution in [0.15, 0.2) is 12.7 Å². The maximum Gasteiger partial charge on any atom is 1.00 e. The first-order chi connectivity index (χ1) is 5.04. The van der Waals surface area contributed by atoms with E-state index in [1.54, 1.807) is 0 Å². The van der Waals surface area contributed by atoms with Crippen LogP contribution in [0.1, 0.15) is 47.0 Å². The molecule has 12 heavy (non-hydrogen) atoms. The zero-order valence-corrected chi connectivity index (χ0v) is 14.3. The van der Waals surface area contributed by atoms with Gasteiger partial charge in [-0.1, -0.05) is 45.4 Å². The second-order valence-electron chi connectivity index (χ2n) is 3.87. The quantitative estimate of drug-likeness (QED) is 0.627. The monoisotopic (exact) mass is 238 g/mol. The summed E-state index contributed by atoms with van der Waals surface area (Å²) in [6, 6.07) is 0. The van der Waals surface area contributed by atoms with Crippen LogP contribution in [-0.2, 0) is 0 Å². The second-order valence-corrected chi connectivity index (χ2v) is 3.87. The van der Waals surface area contributed by atoms with E-state index in [2.05, 4.69) is 34.3 Å². The van der Waals surface area contributed by atoms with Crippen LogP contribution in [-0.4, -0.2) is 0 Å². The van der Waals surface area contributed by atoms with Gasteiger partial charge in [-0.3, -0.25) is 0 Å². The molecule has 66 valence electrons. The van der Waals surface area contributed by atoms with Crippen molar-refractivity contribution in [2.24, 2.45) is 5.41 Å². The van der Waals surface area contributed by atoms with E-state index in [0.29, 0.717) is 5.41 Å². The summed E-state index contributed by atoms with van der Waals surface area (Å²) in [5.74, 6) is 1.41. The minimum Gasteiger partial charge on any atom is -0.245 e. The summed E-state index contributed by atoms with van der Waals surface area (Å²) in [7, 11) is 0. The van der Waals surface area contributed by atoms with Gasteiger partial charge in [-0.2, -0.15) is 0 Å². The Bertz CT molecular complexity index is 116. The Morgan fingerprint density at radius 1 is 1.42 bits per heavy atom. The third kappa shape index (κ3) is 5.96. The minimum atomic E-state index is 0. The van der Waals surface area contributed by atoms with Gasteiger partial charge in [-0.25, -0.2) is 18.6 Å². The van der Waals surface area contributed by atoms with E-state index in [0.717, 1.165) is 0 Å². The van der Waals surface area contributed by atoms with Crippen LogP contribution in [0.3, 0.4) is 0 Å². The Morgan fingerprint density at radius 2 is 1.92 bits per heavy atom. The fourth-order valence-electron chi connectivity index (χ4n) is 1.09. The van der Waals surface area contributed by atoms with Crippen LogP contribution in [0.25, 0.3) is 0 Å². The van der Waals surface area contributed by atoms with Gasteiger partial charge in [0.15, 0.2) is 0 Å². The molecule has 0 nitrogen and oxygen atoms in total. The summed E-state index contributed by atoms with van der Waals surface area (Å²) >= 11 is 0. The maximum atomic E-state index is 3.80. The number of hydrogen-bond donors (Lipinski definition) is 0. The first-order valence-corrected chi connectivity index (χ1v) is 4.51. The van der Waals surface area contributed by atoms with Gasteiger partial charge in [0.05, 0.1) is 0 Å². The van der Waals surface area contributed by atoms with Crippen molar-refractivity contribution in [2.75, 3.05) is 0 Å². The van der Waals surface area contributed by atoms with E-state index in [1.165, 1.54) is 25.2 Å². The van der Waals surface area contributed by atoms with Gasteiger partial charge in [0.1, 0.15) is 0 Å². The molecule has 0 aromatic rings. The van der Waals surface area contributed by atoms with Crippen molar-refractivity contribution in [1.82, 2.24) is 0 Å². The van der Waals surface area contributed by atoms with Crippen molar-refractivity contribution >= 4 is 0 Å². The van der Waals surface area contributed by atoms with E-state index in [-0.39, 0.29) is 58.2 Å². The fraction of sp³-hybridized carbons (Fsp3) is 0.727. The van der Waals surface area contributed by atoms with Gasteiger partial charge >= 0.3 is 58.2 Å². The van der Waals surface area contributed by atoms with Crippen molar-refractivity contribution in [1.29, 1.82) is 0 Å². The van der Waals surface area contributed by atoms with Crippen molar-refractivity contribution in [3.05, 3.63) is 18.6 Å². The van der Waals surface area contributed by atoms with Gasteiger partial charge in [0.25, 0.3) is 0 Å². The van der Waals surface area contributed by atoms with E-state index >= 15 is 0 Å². The molecule has 0 fully saturated rings. The summed E-state index contributed by atoms with van der Waals surface area (Å²) in [6.07, 6.45) is 5.86. The molecule has 0 saturated carbocycles. The predicted molar refractivity (Wildman–Crippen MR) is 52.4 cm³/mol. The Hall–Kier alpha value is 1.42. The number of rotatable bonds is 5. The molecule has 0 unspecified atom stereocenters. The zero-order chi connectivity index (χ0) is 8.91. The maximum absolute atomic E-state index is 3.80. The predicted octanol–water partition coefficient (Wildman–Crippen LogP) is 0.987. The molecule has 0 radical (unpaired) electrons. The van der Waals surface area contributed by atoms with Crippen LogP contribution in [0.4, 0.5) is 0 Å². The number of unbranched alkanes of at least 4 members (excludes halogenated alkanes) is 1. The molecule has 0 rings (SSSR count). The molecule has 0 atom stereocenters. The molecule has 0 N–H and O–H groups in total. The first-order valence-electron chi connectivity index (χ1n) is 4.51. The van der Waals surface area contributed by atoms with Crippen LogP contribution in [0.2, 0.25) is 0 Å². The summed E-state index contributed by atoms with van der Waals surface area (Å²) < 4.78 is 0. The summed E-state index contributed by atoms with van der Waals surface area (Å²) in [4.78, 5) is 0. The molecular weight excluding hydrogens is 218 g/mol. The third-order valence-corrected chi connectivity index (χ3v) is 2.53. The van der Waals surface area contributed by atoms with Crippen molar-refractivity contribution < 1.29 is 58.2 Å². The van der Waals surface area contributed by atoms with Crippen LogP contribution in [0.5, 0.6) is 0 Å². The average Bonchev–Trinajstić information content (AvgIpc) is 1.99. The SMILES string of the molecule is C=C[C-](C)C(C)(C)CCCC.[Rb+]. The molecule has 0 spiro atoms. The fourth-order valence-corrected chi connectivity index (χ4v) is 1.09. The summed E-state index contributed by atoms with van der Waals surface area (Å²) in [5.41, 5.74) is 0.359. The summed E-state index contributed by atoms with van der Waals surface area (Å²) in [5, 5.41) is 0. The third-order valence-electron chi connectivity index (χ3n) is 2.53. The molecule has 0 amide bonds. The van der Waals surface area contributed by atoms with Gasteiger partial charge in [-0.05, 0) is 0 Å². The molecule has 0 aliphatic heterocycles. The number of allylic oxidation sites excluding steroid dienone is 1. The van der Waals surface area contributed by atoms with E-state index in [9.17, 15) is 0 Å². The smallest absolute Gasteiger partial charge is 0.245 e. The van der Waals surface area contributed by atoms with E-state index in [1.807, 2.05) is 6.08 Å². The Morgan fingerprint density at radius 3 is 2.25 bits per heavy atom. The molecule has 0 aromatic carbocycles. The summed E-state index contributed by atoms with van der Waals surface area (Å²) in [6.45, 7) is 12.8. The van der Waals surface area contributed by atoms with Crippen LogP contribution < -0.4 is 58.2 Å². The topological polar surface area (TPSA) is 0 Å². The Balaban J connectivity index is 0. The molecule has 0 aliphatic carbocycles. The standard InChI is InChI=1S/C11H21.Rb/c1-6-8-9-11(4,5)10(3)7-2;/h7H,2,6,8-9H2,1,3-5H3;/q-1;+1. The Labute approximate surface area is 127 Å². The minimum absolute atomic E-state index is 0. The second kappa shape index (κ2) is 7.79. The van der Waals surface area contributed by atoms with Crippen molar-refractivity contribution in [2.45, 2.75) is 47.0 Å². The Kier molecular flexibility index (Phi) is 10.3. The molecular formula is C11H21Rb. The van der Waals surface area contributed by atoms with Crippen LogP contribution in [0, 0.1) is 11.3 Å². The van der Waals surface area contributed by atoms with Gasteiger partial charge in [0, 0.05) is 0 Å². The normalized spacial score (nSPS) is 10.3. The first kappa shape index (κ1) is 15.9. The zero-order valence-electron chi connectivity index (χ0n) is 9.41. The molecule has 0 bridgehead atoms. The average molecular weight is 239 g/mol. The van der Waals surface area contributed by atoms with Crippen LogP contribution >= 0.6 is 0 Å². The van der Waals surface area contributed by atoms with E-state index in [4.69, 9.17) is 0 Å². The number of hydrogen-bond acceptors (Lipinski definition) is 0. The van der Waals surface area contributed by atoms with Crippen molar-refractivity contribution in [3.63, 3.8) is 0 Å². The van der Waals surface area contributed by atoms with E-state index < -0.39 is 0 Å². The largest absolute Gasteiger partial charge is 1.00 e. The van der Waals surface area contributed by atoms with Crippen molar-refractivity contribution in [3.8, 4) is 0 Å². The van der Waals surface area contributed by atoms with Gasteiger partial charge in [0.2, 0.25) is 0 Å². The molecule has 0 aromatic heterocycles. The molecule has 0 aliphatic rings. The van der Waals surface area contributed by atoms with Gasteiger partial charge < -0.3 is 0 Å². The molecule has 0 saturated heterocycles. The molecule has 1 heteroatoms.